The number of hydrogen-bond donors (Lipinski definition) is 2. The molecule has 0 aliphatic rings. The Labute approximate surface area is 131 Å². The van der Waals surface area contributed by atoms with Crippen molar-refractivity contribution in [1.29, 1.82) is 0 Å². The first-order valence-corrected chi connectivity index (χ1v) is 6.72. The number of primary amides is 1. The predicted molar refractivity (Wildman–Crippen MR) is 85.1 cm³/mol. The molecule has 0 spiro atoms. The molecule has 1 amide bonds. The summed E-state index contributed by atoms with van der Waals surface area (Å²) < 4.78 is 12.0. The lowest BCUT2D eigenvalue weighted by Gasteiger charge is -2.09. The Morgan fingerprint density at radius 2 is 2.04 bits per heavy atom. The maximum atomic E-state index is 10.9. The zero-order valence-corrected chi connectivity index (χ0v) is 12.6. The van der Waals surface area contributed by atoms with Crippen molar-refractivity contribution in [2.45, 2.75) is 0 Å². The van der Waals surface area contributed by atoms with Gasteiger partial charge in [0.25, 0.3) is 0 Å². The number of aryl methyl sites for hydroxylation is 1. The Morgan fingerprint density at radius 1 is 1.26 bits per heavy atom. The first-order valence-electron chi connectivity index (χ1n) is 6.72. The fourth-order valence-corrected chi connectivity index (χ4v) is 2.48. The summed E-state index contributed by atoms with van der Waals surface area (Å²) in [6, 6.07) is 5.12. The van der Waals surface area contributed by atoms with Gasteiger partial charge in [-0.25, -0.2) is 14.8 Å². The number of rotatable bonds is 3. The lowest BCUT2D eigenvalue weighted by atomic mass is 10.1. The maximum absolute atomic E-state index is 10.9. The van der Waals surface area contributed by atoms with E-state index in [1.807, 2.05) is 17.8 Å². The summed E-state index contributed by atoms with van der Waals surface area (Å²) in [6.07, 6.45) is 2.42. The summed E-state index contributed by atoms with van der Waals surface area (Å²) in [5.41, 5.74) is 13.4. The van der Waals surface area contributed by atoms with Crippen LogP contribution in [-0.2, 0) is 7.05 Å². The first kappa shape index (κ1) is 14.6. The molecule has 0 saturated carbocycles. The monoisotopic (exact) mass is 313 g/mol. The van der Waals surface area contributed by atoms with Crippen molar-refractivity contribution in [3.8, 4) is 22.6 Å². The third-order valence-corrected chi connectivity index (χ3v) is 3.47. The van der Waals surface area contributed by atoms with Gasteiger partial charge in [-0.3, -0.25) is 0 Å². The van der Waals surface area contributed by atoms with Crippen LogP contribution in [0.5, 0.6) is 11.5 Å². The van der Waals surface area contributed by atoms with Crippen LogP contribution in [0.3, 0.4) is 0 Å². The van der Waals surface area contributed by atoms with Crippen molar-refractivity contribution in [2.24, 2.45) is 12.8 Å². The average molecular weight is 313 g/mol. The van der Waals surface area contributed by atoms with Gasteiger partial charge in [-0.15, -0.1) is 0 Å². The minimum atomic E-state index is -0.904. The summed E-state index contributed by atoms with van der Waals surface area (Å²) in [6.45, 7) is 0. The normalized spacial score (nSPS) is 10.7. The smallest absolute Gasteiger partial charge is 0.410 e. The van der Waals surface area contributed by atoms with Crippen molar-refractivity contribution in [3.63, 3.8) is 0 Å². The molecule has 2 heterocycles. The number of nitrogens with zero attached hydrogens (tertiary/aromatic N) is 3. The number of carbonyl (C=O) groups is 1. The van der Waals surface area contributed by atoms with Crippen LogP contribution in [0.25, 0.3) is 22.2 Å². The minimum absolute atomic E-state index is 0.244. The molecule has 0 fully saturated rings. The largest absolute Gasteiger partial charge is 0.493 e. The van der Waals surface area contributed by atoms with Crippen LogP contribution in [0.2, 0.25) is 0 Å². The van der Waals surface area contributed by atoms with Gasteiger partial charge in [-0.1, -0.05) is 6.07 Å². The Balaban J connectivity index is 2.18. The van der Waals surface area contributed by atoms with Gasteiger partial charge in [-0.2, -0.15) is 0 Å². The number of aromatic nitrogens is 3. The van der Waals surface area contributed by atoms with E-state index in [0.717, 1.165) is 22.2 Å². The SMILES string of the molecule is COc1cc(-c2cn(C)c3ncnc(N)c23)ccc1OC(N)=O. The highest BCUT2D eigenvalue weighted by Crippen LogP contribution is 2.37. The molecule has 1 aromatic carbocycles. The molecule has 23 heavy (non-hydrogen) atoms. The number of benzene rings is 1. The zero-order valence-electron chi connectivity index (χ0n) is 12.6. The van der Waals surface area contributed by atoms with Crippen molar-refractivity contribution >= 4 is 22.9 Å². The molecular formula is C15H15N5O3. The number of methoxy groups -OCH3 is 1. The van der Waals surface area contributed by atoms with E-state index < -0.39 is 6.09 Å². The van der Waals surface area contributed by atoms with Crippen LogP contribution in [0.4, 0.5) is 10.6 Å². The minimum Gasteiger partial charge on any atom is -0.493 e. The summed E-state index contributed by atoms with van der Waals surface area (Å²) in [7, 11) is 3.35. The summed E-state index contributed by atoms with van der Waals surface area (Å²) in [5, 5.41) is 0.751. The Hall–Kier alpha value is -3.29. The number of amides is 1. The van der Waals surface area contributed by atoms with Gasteiger partial charge in [0.05, 0.1) is 12.5 Å². The van der Waals surface area contributed by atoms with Gasteiger partial charge in [0.1, 0.15) is 17.8 Å². The molecule has 0 bridgehead atoms. The van der Waals surface area contributed by atoms with E-state index in [1.54, 1.807) is 18.2 Å². The van der Waals surface area contributed by atoms with E-state index in [2.05, 4.69) is 9.97 Å². The molecule has 0 aliphatic heterocycles. The van der Waals surface area contributed by atoms with E-state index in [0.29, 0.717) is 11.6 Å². The van der Waals surface area contributed by atoms with Gasteiger partial charge < -0.3 is 25.5 Å². The summed E-state index contributed by atoms with van der Waals surface area (Å²) in [5.74, 6) is 1.02. The number of nitrogens with two attached hydrogens (primary N) is 2. The Kier molecular flexibility index (Phi) is 3.49. The fraction of sp³-hybridized carbons (Fsp3) is 0.133. The van der Waals surface area contributed by atoms with Crippen molar-refractivity contribution < 1.29 is 14.3 Å². The molecule has 2 aromatic heterocycles. The van der Waals surface area contributed by atoms with Gasteiger partial charge in [0.15, 0.2) is 11.5 Å². The van der Waals surface area contributed by atoms with Crippen molar-refractivity contribution in [2.75, 3.05) is 12.8 Å². The van der Waals surface area contributed by atoms with Crippen molar-refractivity contribution in [3.05, 3.63) is 30.7 Å². The number of ether oxygens (including phenoxy) is 2. The second kappa shape index (κ2) is 5.48. The molecule has 8 heteroatoms. The van der Waals surface area contributed by atoms with E-state index in [4.69, 9.17) is 20.9 Å². The van der Waals surface area contributed by atoms with E-state index >= 15 is 0 Å². The van der Waals surface area contributed by atoms with Gasteiger partial charge in [-0.05, 0) is 17.7 Å². The van der Waals surface area contributed by atoms with Gasteiger partial charge in [0, 0.05) is 18.8 Å². The van der Waals surface area contributed by atoms with E-state index in [9.17, 15) is 4.79 Å². The molecule has 0 atom stereocenters. The molecule has 0 aliphatic carbocycles. The predicted octanol–water partition coefficient (Wildman–Crippen LogP) is 1.68. The quantitative estimate of drug-likeness (QED) is 0.759. The second-order valence-corrected chi connectivity index (χ2v) is 4.90. The topological polar surface area (TPSA) is 118 Å². The molecular weight excluding hydrogens is 298 g/mol. The summed E-state index contributed by atoms with van der Waals surface area (Å²) in [4.78, 5) is 19.2. The third-order valence-electron chi connectivity index (χ3n) is 3.47. The number of fused-ring (bicyclic) bond motifs is 1. The number of anilines is 1. The first-order chi connectivity index (χ1) is 11.0. The molecule has 118 valence electrons. The molecule has 0 radical (unpaired) electrons. The second-order valence-electron chi connectivity index (χ2n) is 4.90. The highest BCUT2D eigenvalue weighted by molar-refractivity contribution is 6.00. The zero-order chi connectivity index (χ0) is 16.6. The number of nitrogen functional groups attached to an aromatic ring is 1. The third kappa shape index (κ3) is 2.50. The lowest BCUT2D eigenvalue weighted by molar-refractivity contribution is 0.208. The Bertz CT molecular complexity index is 904. The van der Waals surface area contributed by atoms with Crippen LogP contribution < -0.4 is 20.9 Å². The van der Waals surface area contributed by atoms with Crippen LogP contribution in [-0.4, -0.2) is 27.7 Å². The summed E-state index contributed by atoms with van der Waals surface area (Å²) >= 11 is 0. The molecule has 3 rings (SSSR count). The number of hydrogen-bond acceptors (Lipinski definition) is 6. The highest BCUT2D eigenvalue weighted by atomic mass is 16.6. The molecule has 0 saturated heterocycles. The van der Waals surface area contributed by atoms with Crippen molar-refractivity contribution in [1.82, 2.24) is 14.5 Å². The standard InChI is InChI=1S/C15H15N5O3/c1-20-6-9(12-13(16)18-7-19-14(12)20)8-3-4-10(23-15(17)21)11(5-8)22-2/h3-7H,1-2H3,(H2,17,21)(H2,16,18,19). The van der Waals surface area contributed by atoms with Crippen LogP contribution >= 0.6 is 0 Å². The van der Waals surface area contributed by atoms with Crippen LogP contribution in [0, 0.1) is 0 Å². The van der Waals surface area contributed by atoms with E-state index in [-0.39, 0.29) is 5.75 Å². The van der Waals surface area contributed by atoms with Crippen LogP contribution in [0.1, 0.15) is 0 Å². The van der Waals surface area contributed by atoms with Crippen LogP contribution in [0.15, 0.2) is 30.7 Å². The molecule has 0 unspecified atom stereocenters. The van der Waals surface area contributed by atoms with E-state index in [1.165, 1.54) is 13.4 Å². The Morgan fingerprint density at radius 3 is 2.74 bits per heavy atom. The average Bonchev–Trinajstić information content (AvgIpc) is 2.86. The fourth-order valence-electron chi connectivity index (χ4n) is 2.48. The maximum Gasteiger partial charge on any atom is 0.410 e. The lowest BCUT2D eigenvalue weighted by Crippen LogP contribution is -2.16. The molecule has 4 N–H and O–H groups in total. The molecule has 8 nitrogen and oxygen atoms in total. The van der Waals surface area contributed by atoms with Gasteiger partial charge in [0.2, 0.25) is 0 Å². The molecule has 3 aromatic rings. The number of carbonyl (C=O) groups excluding carboxylic acids is 1. The highest BCUT2D eigenvalue weighted by Gasteiger charge is 2.16. The van der Waals surface area contributed by atoms with Gasteiger partial charge >= 0.3 is 6.09 Å².